The molecule has 0 spiro atoms. The third-order valence-corrected chi connectivity index (χ3v) is 3.05. The molecule has 17 heavy (non-hydrogen) atoms. The van der Waals surface area contributed by atoms with Crippen molar-refractivity contribution >= 4 is 11.7 Å². The minimum atomic E-state index is 0.0774. The Morgan fingerprint density at radius 2 is 2.18 bits per heavy atom. The Labute approximate surface area is 102 Å². The number of rotatable bonds is 4. The lowest BCUT2D eigenvalue weighted by atomic mass is 10.2. The number of aromatic nitrogens is 1. The van der Waals surface area contributed by atoms with Crippen molar-refractivity contribution in [2.75, 3.05) is 18.0 Å². The van der Waals surface area contributed by atoms with Crippen molar-refractivity contribution in [1.82, 2.24) is 10.3 Å². The van der Waals surface area contributed by atoms with E-state index in [2.05, 4.69) is 15.2 Å². The molecule has 2 rings (SSSR count). The molecule has 1 aliphatic rings. The third-order valence-electron chi connectivity index (χ3n) is 3.05. The van der Waals surface area contributed by atoms with Crippen LogP contribution in [-0.4, -0.2) is 24.0 Å². The van der Waals surface area contributed by atoms with Gasteiger partial charge in [-0.1, -0.05) is 13.0 Å². The number of nitrogens with zero attached hydrogens (tertiary/aromatic N) is 2. The maximum Gasteiger partial charge on any atom is 0.219 e. The minimum absolute atomic E-state index is 0.0774. The second-order valence-corrected chi connectivity index (χ2v) is 4.35. The quantitative estimate of drug-likeness (QED) is 0.861. The molecule has 4 heteroatoms. The normalized spacial score (nSPS) is 15.0. The van der Waals surface area contributed by atoms with E-state index in [0.29, 0.717) is 13.0 Å². The van der Waals surface area contributed by atoms with Gasteiger partial charge in [-0.15, -0.1) is 0 Å². The Bertz CT molecular complexity index is 369. The van der Waals surface area contributed by atoms with E-state index in [9.17, 15) is 4.79 Å². The van der Waals surface area contributed by atoms with Crippen LogP contribution in [0.5, 0.6) is 0 Å². The van der Waals surface area contributed by atoms with Gasteiger partial charge in [0.05, 0.1) is 0 Å². The molecule has 1 aromatic rings. The zero-order chi connectivity index (χ0) is 12.1. The van der Waals surface area contributed by atoms with Crippen LogP contribution in [0.15, 0.2) is 18.3 Å². The van der Waals surface area contributed by atoms with Crippen LogP contribution in [0, 0.1) is 0 Å². The van der Waals surface area contributed by atoms with E-state index in [4.69, 9.17) is 0 Å². The lowest BCUT2D eigenvalue weighted by molar-refractivity contribution is -0.120. The van der Waals surface area contributed by atoms with Crippen molar-refractivity contribution in [3.63, 3.8) is 0 Å². The number of carbonyl (C=O) groups is 1. The standard InChI is InChI=1S/C13H19N3O/c1-2-13(17)15-10-11-5-6-12(14-9-11)16-7-3-4-8-16/h5-6,9H,2-4,7-8,10H2,1H3,(H,15,17). The summed E-state index contributed by atoms with van der Waals surface area (Å²) in [5, 5.41) is 2.85. The second-order valence-electron chi connectivity index (χ2n) is 4.35. The summed E-state index contributed by atoms with van der Waals surface area (Å²) in [6.07, 6.45) is 4.90. The minimum Gasteiger partial charge on any atom is -0.357 e. The molecule has 1 aliphatic heterocycles. The summed E-state index contributed by atoms with van der Waals surface area (Å²) in [4.78, 5) is 17.9. The molecule has 0 saturated carbocycles. The predicted molar refractivity (Wildman–Crippen MR) is 67.8 cm³/mol. The summed E-state index contributed by atoms with van der Waals surface area (Å²) in [6.45, 7) is 4.64. The van der Waals surface area contributed by atoms with Gasteiger partial charge in [0.1, 0.15) is 5.82 Å². The van der Waals surface area contributed by atoms with Gasteiger partial charge in [-0.25, -0.2) is 4.98 Å². The second kappa shape index (κ2) is 5.66. The van der Waals surface area contributed by atoms with Gasteiger partial charge in [-0.2, -0.15) is 0 Å². The molecule has 2 heterocycles. The van der Waals surface area contributed by atoms with Crippen molar-refractivity contribution in [2.24, 2.45) is 0 Å². The average Bonchev–Trinajstić information content (AvgIpc) is 2.90. The first-order valence-corrected chi connectivity index (χ1v) is 6.26. The molecular weight excluding hydrogens is 214 g/mol. The van der Waals surface area contributed by atoms with E-state index in [1.165, 1.54) is 12.8 Å². The molecule has 4 nitrogen and oxygen atoms in total. The van der Waals surface area contributed by atoms with Crippen LogP contribution in [0.2, 0.25) is 0 Å². The molecule has 0 radical (unpaired) electrons. The maximum atomic E-state index is 11.1. The Hall–Kier alpha value is -1.58. The maximum absolute atomic E-state index is 11.1. The Kier molecular flexibility index (Phi) is 3.96. The van der Waals surface area contributed by atoms with E-state index in [-0.39, 0.29) is 5.91 Å². The molecular formula is C13H19N3O. The number of pyridine rings is 1. The van der Waals surface area contributed by atoms with E-state index in [0.717, 1.165) is 24.5 Å². The van der Waals surface area contributed by atoms with Crippen LogP contribution in [0.4, 0.5) is 5.82 Å². The SMILES string of the molecule is CCC(=O)NCc1ccc(N2CCCC2)nc1. The fraction of sp³-hybridized carbons (Fsp3) is 0.538. The van der Waals surface area contributed by atoms with Gasteiger partial charge in [0.2, 0.25) is 5.91 Å². The highest BCUT2D eigenvalue weighted by Gasteiger charge is 2.12. The number of hydrogen-bond acceptors (Lipinski definition) is 3. The summed E-state index contributed by atoms with van der Waals surface area (Å²) in [6, 6.07) is 4.08. The fourth-order valence-corrected chi connectivity index (χ4v) is 1.98. The van der Waals surface area contributed by atoms with Crippen molar-refractivity contribution < 1.29 is 4.79 Å². The molecule has 1 amide bonds. The molecule has 0 aromatic carbocycles. The lowest BCUT2D eigenvalue weighted by Crippen LogP contribution is -2.22. The molecule has 0 bridgehead atoms. The molecule has 1 N–H and O–H groups in total. The van der Waals surface area contributed by atoms with E-state index >= 15 is 0 Å². The van der Waals surface area contributed by atoms with Crippen LogP contribution in [0.3, 0.4) is 0 Å². The highest BCUT2D eigenvalue weighted by molar-refractivity contribution is 5.75. The van der Waals surface area contributed by atoms with Crippen LogP contribution >= 0.6 is 0 Å². The van der Waals surface area contributed by atoms with Gasteiger partial charge in [-0.3, -0.25) is 4.79 Å². The van der Waals surface area contributed by atoms with Crippen LogP contribution < -0.4 is 10.2 Å². The van der Waals surface area contributed by atoms with Gasteiger partial charge in [-0.05, 0) is 24.5 Å². The van der Waals surface area contributed by atoms with Crippen molar-refractivity contribution in [3.8, 4) is 0 Å². The number of hydrogen-bond donors (Lipinski definition) is 1. The first-order chi connectivity index (χ1) is 8.29. The first kappa shape index (κ1) is 11.9. The van der Waals surface area contributed by atoms with Crippen molar-refractivity contribution in [3.05, 3.63) is 23.9 Å². The number of amides is 1. The summed E-state index contributed by atoms with van der Waals surface area (Å²) in [5.41, 5.74) is 1.05. The average molecular weight is 233 g/mol. The van der Waals surface area contributed by atoms with Gasteiger partial charge >= 0.3 is 0 Å². The summed E-state index contributed by atoms with van der Waals surface area (Å²) >= 11 is 0. The van der Waals surface area contributed by atoms with Crippen LogP contribution in [0.25, 0.3) is 0 Å². The van der Waals surface area contributed by atoms with Gasteiger partial charge in [0, 0.05) is 32.3 Å². The fourth-order valence-electron chi connectivity index (χ4n) is 1.98. The van der Waals surface area contributed by atoms with Crippen molar-refractivity contribution in [1.29, 1.82) is 0 Å². The van der Waals surface area contributed by atoms with Gasteiger partial charge < -0.3 is 10.2 Å². The van der Waals surface area contributed by atoms with Gasteiger partial charge in [0.15, 0.2) is 0 Å². The Morgan fingerprint density at radius 1 is 1.41 bits per heavy atom. The topological polar surface area (TPSA) is 45.2 Å². The highest BCUT2D eigenvalue weighted by atomic mass is 16.1. The smallest absolute Gasteiger partial charge is 0.219 e. The Balaban J connectivity index is 1.90. The largest absolute Gasteiger partial charge is 0.357 e. The number of anilines is 1. The molecule has 92 valence electrons. The predicted octanol–water partition coefficient (Wildman–Crippen LogP) is 1.71. The summed E-state index contributed by atoms with van der Waals surface area (Å²) in [5.74, 6) is 1.13. The molecule has 1 saturated heterocycles. The van der Waals surface area contributed by atoms with Gasteiger partial charge in [0.25, 0.3) is 0 Å². The highest BCUT2D eigenvalue weighted by Crippen LogP contribution is 2.17. The van der Waals surface area contributed by atoms with Crippen LogP contribution in [0.1, 0.15) is 31.7 Å². The lowest BCUT2D eigenvalue weighted by Gasteiger charge is -2.16. The molecule has 0 unspecified atom stereocenters. The number of nitrogens with one attached hydrogen (secondary N) is 1. The van der Waals surface area contributed by atoms with E-state index < -0.39 is 0 Å². The van der Waals surface area contributed by atoms with Crippen molar-refractivity contribution in [2.45, 2.75) is 32.7 Å². The first-order valence-electron chi connectivity index (χ1n) is 6.26. The summed E-state index contributed by atoms with van der Waals surface area (Å²) in [7, 11) is 0. The molecule has 1 fully saturated rings. The zero-order valence-electron chi connectivity index (χ0n) is 10.3. The monoisotopic (exact) mass is 233 g/mol. The van der Waals surface area contributed by atoms with Crippen LogP contribution in [-0.2, 0) is 11.3 Å². The number of carbonyl (C=O) groups excluding carboxylic acids is 1. The third kappa shape index (κ3) is 3.19. The Morgan fingerprint density at radius 3 is 2.76 bits per heavy atom. The van der Waals surface area contributed by atoms with E-state index in [1.807, 2.05) is 25.3 Å². The zero-order valence-corrected chi connectivity index (χ0v) is 10.3. The molecule has 1 aromatic heterocycles. The summed E-state index contributed by atoms with van der Waals surface area (Å²) < 4.78 is 0. The molecule has 0 aliphatic carbocycles. The van der Waals surface area contributed by atoms with E-state index in [1.54, 1.807) is 0 Å². The molecule has 0 atom stereocenters.